The van der Waals surface area contributed by atoms with Crippen LogP contribution in [0.25, 0.3) is 76.9 Å². The molecule has 66 heavy (non-hydrogen) atoms. The Labute approximate surface area is 382 Å². The zero-order valence-corrected chi connectivity index (χ0v) is 35.8. The molecule has 4 nitrogen and oxygen atoms in total. The monoisotopic (exact) mass is 844 g/mol. The maximum atomic E-state index is 6.91. The number of benzene rings is 11. The fraction of sp³-hybridized carbons (Fsp3) is 0. The van der Waals surface area contributed by atoms with E-state index in [9.17, 15) is 0 Å². The van der Waals surface area contributed by atoms with Gasteiger partial charge in [0.15, 0.2) is 5.58 Å². The molecule has 0 N–H and O–H groups in total. The van der Waals surface area contributed by atoms with Crippen molar-refractivity contribution in [2.45, 2.75) is 0 Å². The van der Waals surface area contributed by atoms with E-state index in [0.717, 1.165) is 95.2 Å². The Hall–Kier alpha value is -8.86. The van der Waals surface area contributed by atoms with E-state index in [1.165, 1.54) is 27.3 Å². The van der Waals surface area contributed by atoms with Crippen LogP contribution in [0, 0.1) is 0 Å². The van der Waals surface area contributed by atoms with E-state index in [0.29, 0.717) is 0 Å². The molecule has 0 atom stereocenters. The minimum Gasteiger partial charge on any atom is -0.456 e. The molecule has 1 aromatic heterocycles. The molecule has 0 unspecified atom stereocenters. The van der Waals surface area contributed by atoms with E-state index in [2.05, 4.69) is 240 Å². The summed E-state index contributed by atoms with van der Waals surface area (Å²) < 4.78 is 13.4. The van der Waals surface area contributed by atoms with Crippen LogP contribution in [0.15, 0.2) is 247 Å². The van der Waals surface area contributed by atoms with E-state index in [1.807, 2.05) is 12.1 Å². The minimum absolute atomic E-state index is 0.836. The van der Waals surface area contributed by atoms with Gasteiger partial charge in [0.05, 0.1) is 11.4 Å². The van der Waals surface area contributed by atoms with E-state index >= 15 is 0 Å². The van der Waals surface area contributed by atoms with Crippen molar-refractivity contribution in [3.63, 3.8) is 0 Å². The molecule has 0 saturated carbocycles. The highest BCUT2D eigenvalue weighted by molar-refractivity contribution is 6.18. The second kappa shape index (κ2) is 15.4. The maximum absolute atomic E-state index is 6.91. The van der Waals surface area contributed by atoms with Crippen molar-refractivity contribution in [1.29, 1.82) is 0 Å². The van der Waals surface area contributed by atoms with Gasteiger partial charge in [-0.2, -0.15) is 0 Å². The van der Waals surface area contributed by atoms with Gasteiger partial charge >= 0.3 is 0 Å². The number of anilines is 6. The number of para-hydroxylation sites is 5. The summed E-state index contributed by atoms with van der Waals surface area (Å²) in [5.74, 6) is 1.70. The van der Waals surface area contributed by atoms with E-state index < -0.39 is 0 Å². The molecule has 0 aliphatic carbocycles. The molecule has 11 aromatic carbocycles. The predicted molar refractivity (Wildman–Crippen MR) is 274 cm³/mol. The number of nitrogens with zero attached hydrogens (tertiary/aromatic N) is 2. The van der Waals surface area contributed by atoms with E-state index in [4.69, 9.17) is 9.15 Å². The summed E-state index contributed by atoms with van der Waals surface area (Å²) in [6.07, 6.45) is 0. The van der Waals surface area contributed by atoms with Gasteiger partial charge in [-0.05, 0) is 123 Å². The van der Waals surface area contributed by atoms with Gasteiger partial charge in [0.2, 0.25) is 0 Å². The van der Waals surface area contributed by atoms with Gasteiger partial charge in [-0.25, -0.2) is 0 Å². The lowest BCUT2D eigenvalue weighted by Gasteiger charge is -2.29. The Bertz CT molecular complexity index is 3790. The molecule has 0 bridgehead atoms. The molecule has 0 spiro atoms. The Kier molecular flexibility index (Phi) is 8.81. The van der Waals surface area contributed by atoms with Gasteiger partial charge in [-0.3, -0.25) is 0 Å². The smallest absolute Gasteiger partial charge is 0.159 e. The average Bonchev–Trinajstić information content (AvgIpc) is 3.77. The third-order valence-corrected chi connectivity index (χ3v) is 13.0. The Morgan fingerprint density at radius 1 is 0.303 bits per heavy atom. The van der Waals surface area contributed by atoms with Crippen LogP contribution in [0.3, 0.4) is 0 Å². The van der Waals surface area contributed by atoms with E-state index in [1.54, 1.807) is 0 Å². The standard InChI is InChI=1S/C62H40N2O2/c1-4-16-42(17-5-1)49-22-10-12-26-56(49)64(46-20-8-3-9-21-46)48-36-37-51-55-39-44-31-30-43(38-54(44)52-24-15-29-59(61(52)55)65-60(51)40-48)41-32-34-47(35-33-41)63(45-18-6-2-7-19-45)57-27-14-25-53-50-23-11-13-28-58(50)66-62(53)57/h1-40H. The van der Waals surface area contributed by atoms with Crippen molar-refractivity contribution in [2.75, 3.05) is 9.80 Å². The highest BCUT2D eigenvalue weighted by Crippen LogP contribution is 2.52. The van der Waals surface area contributed by atoms with Crippen molar-refractivity contribution < 1.29 is 9.15 Å². The molecule has 12 aromatic rings. The Morgan fingerprint density at radius 3 is 1.71 bits per heavy atom. The highest BCUT2D eigenvalue weighted by atomic mass is 16.5. The van der Waals surface area contributed by atoms with Gasteiger partial charge in [0, 0.05) is 56.1 Å². The fourth-order valence-electron chi connectivity index (χ4n) is 9.98. The second-order valence-corrected chi connectivity index (χ2v) is 16.8. The zero-order chi connectivity index (χ0) is 43.6. The quantitative estimate of drug-likeness (QED) is 0.143. The Balaban J connectivity index is 0.882. The van der Waals surface area contributed by atoms with Crippen molar-refractivity contribution in [1.82, 2.24) is 0 Å². The van der Waals surface area contributed by atoms with Gasteiger partial charge in [0.1, 0.15) is 17.1 Å². The zero-order valence-electron chi connectivity index (χ0n) is 35.8. The topological polar surface area (TPSA) is 28.9 Å². The van der Waals surface area contributed by atoms with Crippen LogP contribution in [0.1, 0.15) is 0 Å². The normalized spacial score (nSPS) is 11.8. The molecule has 1 aliphatic rings. The van der Waals surface area contributed by atoms with Gasteiger partial charge in [-0.15, -0.1) is 0 Å². The molecule has 0 fully saturated rings. The minimum atomic E-state index is 0.836. The van der Waals surface area contributed by atoms with Crippen LogP contribution in [0.4, 0.5) is 34.1 Å². The van der Waals surface area contributed by atoms with Crippen molar-refractivity contribution in [3.05, 3.63) is 243 Å². The number of hydrogen-bond donors (Lipinski definition) is 0. The largest absolute Gasteiger partial charge is 0.456 e. The number of fused-ring (bicyclic) bond motifs is 7. The summed E-state index contributed by atoms with van der Waals surface area (Å²) in [6, 6.07) is 86.1. The molecule has 0 saturated heterocycles. The van der Waals surface area contributed by atoms with Crippen molar-refractivity contribution in [2.24, 2.45) is 0 Å². The molecular weight excluding hydrogens is 805 g/mol. The number of hydrogen-bond acceptors (Lipinski definition) is 4. The lowest BCUT2D eigenvalue weighted by Crippen LogP contribution is -2.11. The molecule has 0 radical (unpaired) electrons. The first-order valence-corrected chi connectivity index (χ1v) is 22.4. The second-order valence-electron chi connectivity index (χ2n) is 16.8. The molecule has 4 heteroatoms. The maximum Gasteiger partial charge on any atom is 0.159 e. The Morgan fingerprint density at radius 2 is 0.909 bits per heavy atom. The molecule has 1 aliphatic heterocycles. The van der Waals surface area contributed by atoms with Crippen LogP contribution < -0.4 is 14.5 Å². The van der Waals surface area contributed by atoms with Gasteiger partial charge in [0.25, 0.3) is 0 Å². The molecule has 2 heterocycles. The molecular formula is C62H40N2O2. The van der Waals surface area contributed by atoms with Gasteiger partial charge < -0.3 is 19.0 Å². The van der Waals surface area contributed by atoms with Crippen LogP contribution in [-0.2, 0) is 0 Å². The summed E-state index contributed by atoms with van der Waals surface area (Å²) in [5.41, 5.74) is 14.9. The first-order valence-electron chi connectivity index (χ1n) is 22.4. The highest BCUT2D eigenvalue weighted by Gasteiger charge is 2.25. The third-order valence-electron chi connectivity index (χ3n) is 13.0. The number of furan rings is 1. The number of ether oxygens (including phenoxy) is 1. The first kappa shape index (κ1) is 37.7. The third kappa shape index (κ3) is 6.22. The van der Waals surface area contributed by atoms with Crippen LogP contribution in [-0.4, -0.2) is 0 Å². The summed E-state index contributed by atoms with van der Waals surface area (Å²) >= 11 is 0. The fourth-order valence-corrected chi connectivity index (χ4v) is 9.98. The van der Waals surface area contributed by atoms with Gasteiger partial charge in [-0.1, -0.05) is 152 Å². The summed E-state index contributed by atoms with van der Waals surface area (Å²) in [5, 5.41) is 6.89. The lowest BCUT2D eigenvalue weighted by molar-refractivity contribution is 0.487. The first-order chi connectivity index (χ1) is 32.7. The summed E-state index contributed by atoms with van der Waals surface area (Å²) in [7, 11) is 0. The average molecular weight is 845 g/mol. The van der Waals surface area contributed by atoms with Crippen LogP contribution >= 0.6 is 0 Å². The molecule has 0 amide bonds. The molecule has 310 valence electrons. The van der Waals surface area contributed by atoms with Crippen molar-refractivity contribution in [3.8, 4) is 44.9 Å². The van der Waals surface area contributed by atoms with Crippen LogP contribution in [0.5, 0.6) is 11.5 Å². The predicted octanol–water partition coefficient (Wildman–Crippen LogP) is 17.9. The lowest BCUT2D eigenvalue weighted by atomic mass is 9.89. The molecule has 13 rings (SSSR count). The van der Waals surface area contributed by atoms with Crippen LogP contribution in [0.2, 0.25) is 0 Å². The summed E-state index contributed by atoms with van der Waals surface area (Å²) in [6.45, 7) is 0. The van der Waals surface area contributed by atoms with Crippen molar-refractivity contribution >= 4 is 77.6 Å². The number of rotatable bonds is 8. The summed E-state index contributed by atoms with van der Waals surface area (Å²) in [4.78, 5) is 4.62. The SMILES string of the molecule is c1ccc(-c2ccccc2N(c2ccccc2)c2ccc3c(c2)Oc2cccc4c2c-3cc2ccc(-c3ccc(N(c5ccccc5)c5cccc6c5oc5ccccc56)cc3)cc24)cc1. The van der Waals surface area contributed by atoms with E-state index in [-0.39, 0.29) is 0 Å².